The molecule has 66 valence electrons. The average molecular weight is 206 g/mol. The van der Waals surface area contributed by atoms with Crippen LogP contribution in [-0.2, 0) is 9.47 Å². The van der Waals surface area contributed by atoms with Crippen LogP contribution in [0.25, 0.3) is 0 Å². The quantitative estimate of drug-likeness (QED) is 0.690. The van der Waals surface area contributed by atoms with Crippen LogP contribution >= 0.6 is 22.9 Å². The maximum atomic E-state index is 5.61. The van der Waals surface area contributed by atoms with Crippen molar-refractivity contribution in [1.82, 2.24) is 4.98 Å². The Hall–Kier alpha value is -0.160. The highest BCUT2D eigenvalue weighted by atomic mass is 35.5. The Labute approximate surface area is 79.3 Å². The Morgan fingerprint density at radius 3 is 3.25 bits per heavy atom. The van der Waals surface area contributed by atoms with Crippen LogP contribution in [0.1, 0.15) is 11.3 Å². The molecule has 2 unspecified atom stereocenters. The SMILES string of the molecule is ClCC1COC(c2nccs2)O1. The molecule has 0 radical (unpaired) electrons. The van der Waals surface area contributed by atoms with Gasteiger partial charge in [-0.15, -0.1) is 22.9 Å². The van der Waals surface area contributed by atoms with E-state index in [2.05, 4.69) is 4.98 Å². The summed E-state index contributed by atoms with van der Waals surface area (Å²) in [6.07, 6.45) is 1.45. The van der Waals surface area contributed by atoms with Crippen LogP contribution in [0, 0.1) is 0 Å². The fraction of sp³-hybridized carbons (Fsp3) is 0.571. The zero-order valence-corrected chi connectivity index (χ0v) is 7.85. The van der Waals surface area contributed by atoms with E-state index in [9.17, 15) is 0 Å². The summed E-state index contributed by atoms with van der Waals surface area (Å²) in [5.74, 6) is 0.474. The molecule has 2 rings (SSSR count). The van der Waals surface area contributed by atoms with Gasteiger partial charge in [0.1, 0.15) is 5.01 Å². The van der Waals surface area contributed by atoms with E-state index in [-0.39, 0.29) is 12.4 Å². The van der Waals surface area contributed by atoms with Crippen molar-refractivity contribution in [2.75, 3.05) is 12.5 Å². The van der Waals surface area contributed by atoms with E-state index < -0.39 is 0 Å². The van der Waals surface area contributed by atoms with Gasteiger partial charge in [-0.25, -0.2) is 4.98 Å². The minimum atomic E-state index is -0.297. The third-order valence-corrected chi connectivity index (χ3v) is 2.72. The van der Waals surface area contributed by atoms with E-state index in [4.69, 9.17) is 21.1 Å². The molecule has 0 bridgehead atoms. The van der Waals surface area contributed by atoms with Crippen LogP contribution in [0.3, 0.4) is 0 Å². The molecule has 3 nitrogen and oxygen atoms in total. The lowest BCUT2D eigenvalue weighted by Gasteiger charge is -2.05. The summed E-state index contributed by atoms with van der Waals surface area (Å²) in [5, 5.41) is 2.76. The number of nitrogens with zero attached hydrogens (tertiary/aromatic N) is 1. The van der Waals surface area contributed by atoms with Crippen LogP contribution in [0.5, 0.6) is 0 Å². The number of ether oxygens (including phenoxy) is 2. The van der Waals surface area contributed by atoms with Crippen LogP contribution < -0.4 is 0 Å². The second kappa shape index (κ2) is 3.70. The van der Waals surface area contributed by atoms with E-state index in [1.54, 1.807) is 6.20 Å². The number of alkyl halides is 1. The van der Waals surface area contributed by atoms with E-state index in [1.165, 1.54) is 11.3 Å². The van der Waals surface area contributed by atoms with Crippen molar-refractivity contribution in [3.8, 4) is 0 Å². The molecular weight excluding hydrogens is 198 g/mol. The lowest BCUT2D eigenvalue weighted by atomic mass is 10.4. The Bertz CT molecular complexity index is 242. The van der Waals surface area contributed by atoms with Crippen molar-refractivity contribution in [2.24, 2.45) is 0 Å². The summed E-state index contributed by atoms with van der Waals surface area (Å²) in [6, 6.07) is 0. The van der Waals surface area contributed by atoms with Gasteiger partial charge < -0.3 is 9.47 Å². The Balaban J connectivity index is 2.00. The Morgan fingerprint density at radius 2 is 2.67 bits per heavy atom. The smallest absolute Gasteiger partial charge is 0.211 e. The van der Waals surface area contributed by atoms with Gasteiger partial charge in [0, 0.05) is 11.6 Å². The predicted molar refractivity (Wildman–Crippen MR) is 46.4 cm³/mol. The third kappa shape index (κ3) is 1.61. The summed E-state index contributed by atoms with van der Waals surface area (Å²) in [6.45, 7) is 0.563. The summed E-state index contributed by atoms with van der Waals surface area (Å²) >= 11 is 7.14. The zero-order chi connectivity index (χ0) is 8.39. The maximum absolute atomic E-state index is 5.61. The lowest BCUT2D eigenvalue weighted by Crippen LogP contribution is -2.10. The molecule has 1 aromatic rings. The molecule has 1 fully saturated rings. The highest BCUT2D eigenvalue weighted by Gasteiger charge is 2.28. The fourth-order valence-corrected chi connectivity index (χ4v) is 1.79. The molecule has 0 N–H and O–H groups in total. The molecule has 1 aliphatic heterocycles. The third-order valence-electron chi connectivity index (χ3n) is 1.57. The van der Waals surface area contributed by atoms with Gasteiger partial charge in [0.05, 0.1) is 18.6 Å². The van der Waals surface area contributed by atoms with Crippen molar-refractivity contribution < 1.29 is 9.47 Å². The Kier molecular flexibility index (Phi) is 2.60. The van der Waals surface area contributed by atoms with Gasteiger partial charge in [0.2, 0.25) is 6.29 Å². The number of rotatable bonds is 2. The lowest BCUT2D eigenvalue weighted by molar-refractivity contribution is -0.0568. The molecule has 5 heteroatoms. The predicted octanol–water partition coefficient (Wildman–Crippen LogP) is 1.80. The van der Waals surface area contributed by atoms with Gasteiger partial charge in [-0.1, -0.05) is 0 Å². The molecule has 1 aliphatic rings. The maximum Gasteiger partial charge on any atom is 0.211 e. The van der Waals surface area contributed by atoms with Crippen molar-refractivity contribution in [3.05, 3.63) is 16.6 Å². The van der Waals surface area contributed by atoms with Crippen molar-refractivity contribution in [2.45, 2.75) is 12.4 Å². The van der Waals surface area contributed by atoms with Gasteiger partial charge in [0.15, 0.2) is 0 Å². The van der Waals surface area contributed by atoms with E-state index in [0.29, 0.717) is 12.5 Å². The summed E-state index contributed by atoms with van der Waals surface area (Å²) < 4.78 is 10.8. The zero-order valence-electron chi connectivity index (χ0n) is 6.27. The Morgan fingerprint density at radius 1 is 1.75 bits per heavy atom. The molecule has 1 aromatic heterocycles. The van der Waals surface area contributed by atoms with Gasteiger partial charge in [-0.05, 0) is 0 Å². The van der Waals surface area contributed by atoms with E-state index in [0.717, 1.165) is 5.01 Å². The standard InChI is InChI=1S/C7H8ClNO2S/c8-3-5-4-10-7(11-5)6-9-1-2-12-6/h1-2,5,7H,3-4H2. The van der Waals surface area contributed by atoms with E-state index >= 15 is 0 Å². The first-order chi connectivity index (χ1) is 5.90. The molecule has 12 heavy (non-hydrogen) atoms. The highest BCUT2D eigenvalue weighted by Crippen LogP contribution is 2.28. The van der Waals surface area contributed by atoms with Crippen LogP contribution in [-0.4, -0.2) is 23.6 Å². The largest absolute Gasteiger partial charge is 0.344 e. The van der Waals surface area contributed by atoms with Crippen LogP contribution in [0.4, 0.5) is 0 Å². The van der Waals surface area contributed by atoms with Gasteiger partial charge in [-0.2, -0.15) is 0 Å². The molecule has 0 amide bonds. The molecule has 0 aliphatic carbocycles. The topological polar surface area (TPSA) is 31.4 Å². The average Bonchev–Trinajstić information content (AvgIpc) is 2.75. The summed E-state index contributed by atoms with van der Waals surface area (Å²) in [4.78, 5) is 4.09. The first kappa shape index (κ1) is 8.44. The van der Waals surface area contributed by atoms with Crippen molar-refractivity contribution in [3.63, 3.8) is 0 Å². The first-order valence-electron chi connectivity index (χ1n) is 3.62. The van der Waals surface area contributed by atoms with Gasteiger partial charge in [0.25, 0.3) is 0 Å². The molecule has 2 heterocycles. The second-order valence-corrected chi connectivity index (χ2v) is 3.68. The minimum Gasteiger partial charge on any atom is -0.344 e. The monoisotopic (exact) mass is 205 g/mol. The first-order valence-corrected chi connectivity index (χ1v) is 5.04. The number of hydrogen-bond acceptors (Lipinski definition) is 4. The number of hydrogen-bond donors (Lipinski definition) is 0. The van der Waals surface area contributed by atoms with Gasteiger partial charge >= 0.3 is 0 Å². The molecular formula is C7H8ClNO2S. The number of halogens is 1. The molecule has 2 atom stereocenters. The normalized spacial score (nSPS) is 29.4. The van der Waals surface area contributed by atoms with Crippen molar-refractivity contribution in [1.29, 1.82) is 0 Å². The second-order valence-electron chi connectivity index (χ2n) is 2.45. The number of thiazole rings is 1. The summed E-state index contributed by atoms with van der Waals surface area (Å²) in [5.41, 5.74) is 0. The molecule has 1 saturated heterocycles. The molecule has 0 aromatic carbocycles. The summed E-state index contributed by atoms with van der Waals surface area (Å²) in [7, 11) is 0. The fourth-order valence-electron chi connectivity index (χ4n) is 1.01. The molecule has 0 saturated carbocycles. The minimum absolute atomic E-state index is 0.0144. The van der Waals surface area contributed by atoms with Crippen molar-refractivity contribution >= 4 is 22.9 Å². The number of aromatic nitrogens is 1. The van der Waals surface area contributed by atoms with Crippen LogP contribution in [0.2, 0.25) is 0 Å². The van der Waals surface area contributed by atoms with Crippen LogP contribution in [0.15, 0.2) is 11.6 Å². The van der Waals surface area contributed by atoms with E-state index in [1.807, 2.05) is 5.38 Å². The van der Waals surface area contributed by atoms with Gasteiger partial charge in [-0.3, -0.25) is 0 Å². The molecule has 0 spiro atoms. The highest BCUT2D eigenvalue weighted by molar-refractivity contribution is 7.09.